The summed E-state index contributed by atoms with van der Waals surface area (Å²) in [5.41, 5.74) is 20.7. The Bertz CT molecular complexity index is 4090. The number of aliphatic carboxylic acids is 2. The molecule has 34 nitrogen and oxygen atoms in total. The fourth-order valence-electron chi connectivity index (χ4n) is 14.2. The summed E-state index contributed by atoms with van der Waals surface area (Å²) in [7, 11) is -11.5. The number of aliphatic hydroxyl groups is 4. The zero-order valence-corrected chi connectivity index (χ0v) is 82.5. The van der Waals surface area contributed by atoms with Crippen molar-refractivity contribution in [3.8, 4) is 0 Å². The number of phosphoric acid groups is 2. The molecule has 0 aliphatic carbocycles. The van der Waals surface area contributed by atoms with E-state index in [1.807, 2.05) is 6.92 Å². The fraction of sp³-hybridized carbons (Fsp3) is 0.674. The average molecular weight is 1890 g/mol. The number of amides is 7. The number of phosphoric ester groups is 2. The summed E-state index contributed by atoms with van der Waals surface area (Å²) >= 11 is 0. The van der Waals surface area contributed by atoms with Crippen LogP contribution >= 0.6 is 15.6 Å². The summed E-state index contributed by atoms with van der Waals surface area (Å²) in [6, 6.07) is -11.0. The van der Waals surface area contributed by atoms with Crippen LogP contribution in [0.3, 0.4) is 0 Å². The minimum atomic E-state index is -5.94. The van der Waals surface area contributed by atoms with E-state index in [1.54, 1.807) is 6.08 Å². The van der Waals surface area contributed by atoms with Gasteiger partial charge >= 0.3 is 27.6 Å². The number of rotatable bonds is 64. The van der Waals surface area contributed by atoms with E-state index in [0.29, 0.717) is 25.7 Å². The van der Waals surface area contributed by atoms with Crippen molar-refractivity contribution in [2.75, 3.05) is 26.4 Å². The number of carboxylic acids is 2. The number of hydrogen-bond acceptors (Lipinski definition) is 23. The lowest BCUT2D eigenvalue weighted by molar-refractivity contribution is -0.331. The molecule has 17 N–H and O–H groups in total. The number of aliphatic hydroxyl groups excluding tert-OH is 4. The number of carbonyl (C=O) groups is 9. The van der Waals surface area contributed by atoms with Crippen molar-refractivity contribution in [3.05, 3.63) is 128 Å². The highest BCUT2D eigenvalue weighted by Crippen LogP contribution is 2.61. The third-order valence-corrected chi connectivity index (χ3v) is 24.9. The molecule has 0 bridgehead atoms. The maximum atomic E-state index is 14.1. The Morgan fingerprint density at radius 1 is 0.405 bits per heavy atom. The van der Waals surface area contributed by atoms with Crippen molar-refractivity contribution in [1.82, 2.24) is 37.2 Å². The molecule has 0 aromatic heterocycles. The summed E-state index contributed by atoms with van der Waals surface area (Å²) in [5, 5.41) is 78.7. The van der Waals surface area contributed by atoms with E-state index in [4.69, 9.17) is 33.7 Å². The van der Waals surface area contributed by atoms with Crippen LogP contribution in [0.2, 0.25) is 0 Å². The molecule has 2 aliphatic heterocycles. The first-order valence-electron chi connectivity index (χ1n) is 45.9. The number of allylic oxidation sites excluding steroid dienone is 21. The Balaban J connectivity index is 2.06. The molecule has 0 aromatic carbocycles. The Morgan fingerprint density at radius 3 is 1.16 bits per heavy atom. The monoisotopic (exact) mass is 1890 g/mol. The van der Waals surface area contributed by atoms with Crippen LogP contribution in [0.4, 0.5) is 0 Å². The van der Waals surface area contributed by atoms with Crippen molar-refractivity contribution in [2.24, 2.45) is 5.73 Å². The zero-order chi connectivity index (χ0) is 98.7. The molecule has 0 aromatic rings. The van der Waals surface area contributed by atoms with Gasteiger partial charge in [0.2, 0.25) is 41.4 Å². The third-order valence-electron chi connectivity index (χ3n) is 22.3. The molecule has 2 saturated heterocycles. The molecule has 744 valence electrons. The summed E-state index contributed by atoms with van der Waals surface area (Å²) < 4.78 is 66.3. The van der Waals surface area contributed by atoms with Gasteiger partial charge in [0.05, 0.1) is 19.8 Å². The Hall–Kier alpha value is -7.73. The van der Waals surface area contributed by atoms with Gasteiger partial charge in [0.25, 0.3) is 0 Å². The van der Waals surface area contributed by atoms with Crippen LogP contribution in [-0.2, 0) is 84.6 Å². The van der Waals surface area contributed by atoms with Gasteiger partial charge in [-0.25, -0.2) is 13.9 Å². The van der Waals surface area contributed by atoms with Gasteiger partial charge in [-0.2, -0.15) is 4.31 Å². The van der Waals surface area contributed by atoms with Crippen LogP contribution in [0.1, 0.15) is 292 Å². The van der Waals surface area contributed by atoms with E-state index in [2.05, 4.69) is 178 Å². The summed E-state index contributed by atoms with van der Waals surface area (Å²) in [4.78, 5) is 138. The second-order valence-corrected chi connectivity index (χ2v) is 38.0. The van der Waals surface area contributed by atoms with Gasteiger partial charge < -0.3 is 102 Å². The van der Waals surface area contributed by atoms with E-state index in [0.717, 1.165) is 149 Å². The molecular formula is C95H158N8O26P2. The molecule has 2 aliphatic rings. The zero-order valence-electron chi connectivity index (χ0n) is 80.7. The quantitative estimate of drug-likeness (QED) is 0.0153. The molecule has 2 unspecified atom stereocenters. The fourth-order valence-corrected chi connectivity index (χ4v) is 16.4. The van der Waals surface area contributed by atoms with Gasteiger partial charge in [-0.1, -0.05) is 128 Å². The molecule has 2 rings (SSSR count). The van der Waals surface area contributed by atoms with Gasteiger partial charge in [0, 0.05) is 20.3 Å². The molecule has 36 heteroatoms. The van der Waals surface area contributed by atoms with Gasteiger partial charge in [-0.3, -0.25) is 47.4 Å². The number of hydrogen-bond donors (Lipinski definition) is 16. The van der Waals surface area contributed by atoms with Crippen LogP contribution in [0.15, 0.2) is 128 Å². The number of nitrogens with one attached hydrogen (secondary N) is 7. The van der Waals surface area contributed by atoms with Crippen molar-refractivity contribution in [1.29, 1.82) is 0 Å². The van der Waals surface area contributed by atoms with Gasteiger partial charge in [0.1, 0.15) is 85.0 Å². The lowest BCUT2D eigenvalue weighted by atomic mass is 9.94. The maximum Gasteiger partial charge on any atom is 0.483 e. The van der Waals surface area contributed by atoms with E-state index in [-0.39, 0.29) is 19.4 Å². The van der Waals surface area contributed by atoms with Gasteiger partial charge in [0.15, 0.2) is 12.6 Å². The number of unbranched alkanes of at least 4 members (excludes halogenated alkanes) is 1. The number of carbonyl (C=O) groups excluding carboxylic acids is 7. The summed E-state index contributed by atoms with van der Waals surface area (Å²) in [5.74, 6) is -9.60. The van der Waals surface area contributed by atoms with E-state index >= 15 is 0 Å². The van der Waals surface area contributed by atoms with Crippen LogP contribution < -0.4 is 43.0 Å². The highest BCUT2D eigenvalue weighted by molar-refractivity contribution is 7.61. The third kappa shape index (κ3) is 51.5. The van der Waals surface area contributed by atoms with E-state index in [9.17, 15) is 92.7 Å². The SMILES string of the molecule is CC(=O)N[C@H]1[C@H](O[C@H]2[C@H](O[C@H](C)C(=O)N[C@@H](C)C(=O)N[C@H](CCC(=O)N[C@@H](CCCCN)C(=O)N[C@H](C)C(=O)N[C@H](C)C(=O)O)C(=O)O)[C@@H](NC(C)=O)[C@@H](OP(=O)(O)OP(=O)(O)OCC/C=C(/C)CC/C=C(/C)CC/C=C(/C)CC/C=C(/C)CC/C=C(/C)CC/C=C(/C)CC/C=C(/C)CC/C=C(\C)CC/C=C(\C)CC/C=C(\C)CCC=C(C)C)O[C@@H]2CO)O[C@H](CO)[C@@H](O)[C@@H]1O. The van der Waals surface area contributed by atoms with Gasteiger partial charge in [-0.05, 0) is 278 Å². The Morgan fingerprint density at radius 2 is 0.779 bits per heavy atom. The average Bonchev–Trinajstić information content (AvgIpc) is 0.763. The van der Waals surface area contributed by atoms with E-state index in [1.165, 1.54) is 69.6 Å². The number of ether oxygens (including phenoxy) is 4. The molecule has 7 amide bonds. The van der Waals surface area contributed by atoms with Crippen LogP contribution in [0, 0.1) is 0 Å². The standard InChI is InChI=1S/C95H158N8O26P2/c1-60(2)32-21-33-61(3)34-22-35-62(4)36-23-37-63(5)38-24-39-64(6)40-25-41-65(7)42-26-43-66(8)44-27-45-67(9)46-28-47-68(10)48-29-49-69(11)50-30-51-70(12)52-31-57-123-130(119,120)129-131(121,122)128-95-83(101-76(18)107)87(86(80(59-105)126-95)127-94-82(100-75(17)106)85(110)84(109)79(58-104)125-94)124-74(16)90(113)97-72(14)89(112)103-78(93(117)118)54-55-81(108)102-77(53-19-20-56-96)91(114)98-71(13)88(111)99-73(15)92(115)116/h32,34,36,38,40,42,44,46,48,50,52,71-74,77-80,82-87,94-95,104-105,109-110H,19-31,33,35,37,39,41,43,45,47,49,51,53-59,96H2,1-18H3,(H,97,113)(H,98,114)(H,99,111)(H,100,106)(H,101,107)(H,102,108)(H,103,112)(H,115,116)(H,117,118)(H,119,120)(H,121,122)/b61-34+,62-36+,63-38+,64-40-,65-42-,66-44-,67-46-,68-48-,69-50-,70-52-/t71-,72+,73-,74-,77+,78-,79-,80-,82-,83-,84-,85-,86-,87-,94+,95-/m1/s1. The van der Waals surface area contributed by atoms with Crippen molar-refractivity contribution in [3.63, 3.8) is 0 Å². The smallest absolute Gasteiger partial charge is 0.480 e. The largest absolute Gasteiger partial charge is 0.483 e. The van der Waals surface area contributed by atoms with Crippen LogP contribution in [-0.4, -0.2) is 218 Å². The Labute approximate surface area is 776 Å². The van der Waals surface area contributed by atoms with E-state index < -0.39 is 199 Å². The molecule has 0 spiro atoms. The van der Waals surface area contributed by atoms with Crippen molar-refractivity contribution in [2.45, 2.75) is 389 Å². The highest BCUT2D eigenvalue weighted by atomic mass is 31.3. The molecule has 18 atom stereocenters. The number of carboxylic acid groups (broad SMARTS) is 2. The minimum Gasteiger partial charge on any atom is -0.480 e. The highest BCUT2D eigenvalue weighted by Gasteiger charge is 2.55. The molecule has 2 heterocycles. The maximum absolute atomic E-state index is 14.1. The van der Waals surface area contributed by atoms with Crippen molar-refractivity contribution >= 4 is 68.9 Å². The van der Waals surface area contributed by atoms with Crippen molar-refractivity contribution < 1.29 is 125 Å². The minimum absolute atomic E-state index is 0.0179. The molecular weight excluding hydrogens is 1730 g/mol. The topological polar surface area (TPSA) is 524 Å². The lowest BCUT2D eigenvalue weighted by Crippen LogP contribution is -2.70. The molecule has 2 fully saturated rings. The number of nitrogens with two attached hydrogens (primary N) is 1. The molecule has 0 radical (unpaired) electrons. The first-order chi connectivity index (χ1) is 61.6. The van der Waals surface area contributed by atoms with Crippen LogP contribution in [0.25, 0.3) is 0 Å². The Kier molecular flexibility index (Phi) is 58.5. The summed E-state index contributed by atoms with van der Waals surface area (Å²) in [6.45, 7) is 30.4. The summed E-state index contributed by atoms with van der Waals surface area (Å²) in [6.07, 6.45) is 27.9. The predicted octanol–water partition coefficient (Wildman–Crippen LogP) is 12.7. The lowest BCUT2D eigenvalue weighted by Gasteiger charge is -2.49. The van der Waals surface area contributed by atoms with Crippen LogP contribution in [0.5, 0.6) is 0 Å². The second kappa shape index (κ2) is 64.3. The predicted molar refractivity (Wildman–Crippen MR) is 504 cm³/mol. The first kappa shape index (κ1) is 119. The normalized spacial score (nSPS) is 22.4. The second-order valence-electron chi connectivity index (χ2n) is 35.0. The van der Waals surface area contributed by atoms with Gasteiger partial charge in [-0.15, -0.1) is 0 Å². The molecule has 0 saturated carbocycles. The first-order valence-corrected chi connectivity index (χ1v) is 48.9. The molecule has 131 heavy (non-hydrogen) atoms.